The Morgan fingerprint density at radius 3 is 2.12 bits per heavy atom. The van der Waals surface area contributed by atoms with Crippen LogP contribution in [0.3, 0.4) is 0 Å². The largest absolute Gasteiger partial charge is 0.449 e. The van der Waals surface area contributed by atoms with Gasteiger partial charge >= 0.3 is 12.2 Å². The third-order valence-corrected chi connectivity index (χ3v) is 14.2. The van der Waals surface area contributed by atoms with Crippen LogP contribution in [0.4, 0.5) is 15.3 Å². The molecule has 4 heterocycles. The molecular formula is C47H66N8O19S2. The number of fused-ring (bicyclic) bond motifs is 5. The fourth-order valence-corrected chi connectivity index (χ4v) is 9.74. The summed E-state index contributed by atoms with van der Waals surface area (Å²) in [5.41, 5.74) is 3.83. The fraction of sp³-hybridized carbons (Fsp3) is 0.596. The van der Waals surface area contributed by atoms with Gasteiger partial charge in [-0.1, -0.05) is 69.3 Å². The first-order valence-electron chi connectivity index (χ1n) is 24.9. The zero-order valence-electron chi connectivity index (χ0n) is 42.5. The standard InChI is InChI=1S/C47H66N8O19S2/c1-48-46(65)71-21-23-76-75-22-12-34(57)50-25-32-43(40(61)41(62)44(64)72-32)74-45-42(63)39(60)38(59)31(73-45)24-51-47(66)70-20-19-69-18-17-68-16-15-67-14-13-49-33(56)10-11-35(58)55-26-27-6-2-3-7-28(27)36-37(53-54-52-36)29-8-4-5-9-30(29)55/h2-9,31-32,38-45,59-64H,10-26H2,1H3,(H,48,65)(H,49,56)(H,50,57)(H,51,66)(H,52,53,54)/t31-,32-,38-,39+,40-,41-,42-,43-,44-,45+/m1/s1/i/hT. The number of amides is 5. The Morgan fingerprint density at radius 1 is 0.697 bits per heavy atom. The Kier molecular flexibility index (Phi) is 24.0. The van der Waals surface area contributed by atoms with Crippen LogP contribution in [-0.4, -0.2) is 228 Å². The lowest BCUT2D eigenvalue weighted by Gasteiger charge is -2.45. The van der Waals surface area contributed by atoms with E-state index in [2.05, 4.69) is 31.6 Å². The number of para-hydroxylation sites is 1. The monoisotopic (exact) mass is 1110 g/mol. The number of carbonyl (C=O) groups is 5. The van der Waals surface area contributed by atoms with Gasteiger partial charge in [-0.25, -0.2) is 9.59 Å². The third-order valence-electron chi connectivity index (χ3n) is 11.9. The molecule has 10 atom stereocenters. The summed E-state index contributed by atoms with van der Waals surface area (Å²) in [6, 6.07) is 14.7. The van der Waals surface area contributed by atoms with Crippen LogP contribution >= 0.6 is 21.6 Å². The van der Waals surface area contributed by atoms with Crippen molar-refractivity contribution in [1.29, 1.82) is 0 Å². The molecule has 0 unspecified atom stereocenters. The van der Waals surface area contributed by atoms with E-state index in [9.17, 15) is 54.6 Å². The van der Waals surface area contributed by atoms with E-state index in [4.69, 9.17) is 39.3 Å². The molecule has 420 valence electrons. The van der Waals surface area contributed by atoms with E-state index in [-0.39, 0.29) is 104 Å². The van der Waals surface area contributed by atoms with Crippen LogP contribution in [0.2, 0.25) is 1.41 Å². The summed E-state index contributed by atoms with van der Waals surface area (Å²) in [4.78, 5) is 64.0. The Morgan fingerprint density at radius 2 is 1.36 bits per heavy atom. The first-order valence-corrected chi connectivity index (χ1v) is 26.9. The average Bonchev–Trinajstić information content (AvgIpc) is 3.89. The molecule has 0 aliphatic carbocycles. The number of alkyl carbamates (subject to hydrolysis) is 2. The number of nitrogens with zero attached hydrogens (tertiary/aromatic N) is 3. The molecule has 29 heteroatoms. The Hall–Kier alpha value is -5.25. The molecule has 3 aliphatic heterocycles. The van der Waals surface area contributed by atoms with Gasteiger partial charge in [0, 0.05) is 68.6 Å². The highest BCUT2D eigenvalue weighted by Gasteiger charge is 2.50. The van der Waals surface area contributed by atoms with Gasteiger partial charge in [-0.2, -0.15) is 0 Å². The van der Waals surface area contributed by atoms with Crippen LogP contribution in [0, 0.1) is 0 Å². The number of aliphatic hydroxyl groups is 6. The predicted octanol–water partition coefficient (Wildman–Crippen LogP) is -1.47. The molecule has 76 heavy (non-hydrogen) atoms. The topological polar surface area (TPSA) is 374 Å². The third kappa shape index (κ3) is 17.6. The van der Waals surface area contributed by atoms with Crippen molar-refractivity contribution in [3.8, 4) is 22.5 Å². The van der Waals surface area contributed by atoms with Crippen molar-refractivity contribution in [3.05, 3.63) is 54.1 Å². The van der Waals surface area contributed by atoms with E-state index in [1.54, 1.807) is 4.90 Å². The lowest BCUT2D eigenvalue weighted by Crippen LogP contribution is -2.65. The van der Waals surface area contributed by atoms with Gasteiger partial charge in [0.2, 0.25) is 17.7 Å². The van der Waals surface area contributed by atoms with Crippen LogP contribution in [0.15, 0.2) is 48.5 Å². The fourth-order valence-electron chi connectivity index (χ4n) is 7.92. The van der Waals surface area contributed by atoms with E-state index in [1.165, 1.54) is 28.6 Å². The van der Waals surface area contributed by atoms with Crippen molar-refractivity contribution in [1.82, 2.24) is 36.7 Å². The molecule has 0 bridgehead atoms. The number of benzene rings is 2. The van der Waals surface area contributed by atoms with E-state index in [0.717, 1.165) is 16.2 Å². The van der Waals surface area contributed by atoms with Crippen molar-refractivity contribution in [3.63, 3.8) is 0 Å². The van der Waals surface area contributed by atoms with Gasteiger partial charge in [0.15, 0.2) is 14.0 Å². The first-order chi connectivity index (χ1) is 37.2. The number of ether oxygens (including phenoxy) is 8. The molecule has 2 aromatic carbocycles. The number of nitrogens with one attached hydrogen (secondary N) is 5. The molecule has 1 aromatic heterocycles. The molecule has 5 amide bonds. The van der Waals surface area contributed by atoms with E-state index in [1.807, 2.05) is 48.5 Å². The molecule has 3 aromatic rings. The van der Waals surface area contributed by atoms with Crippen molar-refractivity contribution < 1.29 is 93.9 Å². The molecular weight excluding hydrogens is 1040 g/mol. The van der Waals surface area contributed by atoms with Gasteiger partial charge in [-0.05, 0) is 11.6 Å². The normalized spacial score (nSPS) is 24.1. The zero-order valence-corrected chi connectivity index (χ0v) is 43.1. The Bertz CT molecular complexity index is 2380. The van der Waals surface area contributed by atoms with Gasteiger partial charge in [-0.15, -0.1) is 5.10 Å². The number of hydrogen-bond donors (Lipinski definition) is 11. The number of anilines is 1. The number of aromatic amines is 1. The minimum absolute atomic E-state index is 0.00201. The molecule has 2 fully saturated rings. The van der Waals surface area contributed by atoms with Crippen molar-refractivity contribution >= 4 is 57.2 Å². The summed E-state index contributed by atoms with van der Waals surface area (Å²) < 4.78 is 51.5. The molecule has 0 spiro atoms. The Balaban J connectivity index is 0.796. The summed E-state index contributed by atoms with van der Waals surface area (Å²) in [5, 5.41) is 82.4. The molecule has 27 nitrogen and oxygen atoms in total. The van der Waals surface area contributed by atoms with Crippen LogP contribution in [0.5, 0.6) is 0 Å². The highest BCUT2D eigenvalue weighted by molar-refractivity contribution is 8.76. The highest BCUT2D eigenvalue weighted by atomic mass is 33.1. The van der Waals surface area contributed by atoms with E-state index >= 15 is 0 Å². The summed E-state index contributed by atoms with van der Waals surface area (Å²) in [6.45, 7) is 0.734. The Labute approximate surface area is 446 Å². The summed E-state index contributed by atoms with van der Waals surface area (Å²) in [7, 11) is 4.20. The maximum atomic E-state index is 13.6. The van der Waals surface area contributed by atoms with Crippen molar-refractivity contribution in [2.45, 2.75) is 87.2 Å². The van der Waals surface area contributed by atoms with Gasteiger partial charge in [0.1, 0.15) is 67.7 Å². The molecule has 0 radical (unpaired) electrons. The maximum absolute atomic E-state index is 13.6. The minimum Gasteiger partial charge on any atom is -0.449 e. The number of rotatable bonds is 28. The van der Waals surface area contributed by atoms with E-state index in [0.29, 0.717) is 34.1 Å². The van der Waals surface area contributed by atoms with Crippen LogP contribution in [0.1, 0.15) is 24.8 Å². The number of carbonyl (C=O) groups excluding carboxylic acids is 5. The second kappa shape index (κ2) is 31.2. The van der Waals surface area contributed by atoms with Gasteiger partial charge in [0.25, 0.3) is 0 Å². The highest BCUT2D eigenvalue weighted by Crippen LogP contribution is 2.40. The average molecular weight is 1110 g/mol. The second-order valence-corrected chi connectivity index (χ2v) is 19.8. The minimum atomic E-state index is -1.89. The van der Waals surface area contributed by atoms with Crippen LogP contribution in [0.25, 0.3) is 22.5 Å². The molecule has 2 saturated heterocycles. The number of hydrogen-bond acceptors (Lipinski definition) is 23. The lowest BCUT2D eigenvalue weighted by molar-refractivity contribution is -0.349. The maximum Gasteiger partial charge on any atom is 0.407 e. The van der Waals surface area contributed by atoms with Gasteiger partial charge in [-0.3, -0.25) is 19.5 Å². The summed E-state index contributed by atoms with van der Waals surface area (Å²) in [5.74, 6) is -0.110. The number of aliphatic hydroxyl groups excluding tert-OH is 6. The zero-order chi connectivity index (χ0) is 55.3. The summed E-state index contributed by atoms with van der Waals surface area (Å²) >= 11 is 0. The van der Waals surface area contributed by atoms with Crippen LogP contribution < -0.4 is 26.2 Å². The molecule has 3 aliphatic rings. The lowest BCUT2D eigenvalue weighted by atomic mass is 9.95. The van der Waals surface area contributed by atoms with Gasteiger partial charge in [0.05, 0.1) is 57.6 Å². The second-order valence-electron chi connectivity index (χ2n) is 17.1. The number of H-pyrrole nitrogens is 1. The smallest absolute Gasteiger partial charge is 0.407 e. The van der Waals surface area contributed by atoms with Crippen molar-refractivity contribution in [2.75, 3.05) is 95.9 Å². The summed E-state index contributed by atoms with van der Waals surface area (Å²) in [6.07, 6.45) is -18.6. The number of aromatic nitrogens is 3. The quantitative estimate of drug-likeness (QED) is 0.0292. The SMILES string of the molecule is [3H]n1nnc2c1-c1ccccc1CN(C(=O)CCC(=O)NCCOCCOCCOCCOC(=O)NC[C@H]1O[C@@H](O[C@H]3[C@H](O)[C@@H](O)[C@H](O)O[C@@H]3CNC(=O)CCSSCCOC(=O)NC)[C@H](O)[C@@H](O)[C@@H]1O)c1ccccc1-2. The van der Waals surface area contributed by atoms with Gasteiger partial charge < -0.3 is 94.7 Å². The van der Waals surface area contributed by atoms with Crippen molar-refractivity contribution in [2.24, 2.45) is 0 Å². The predicted molar refractivity (Wildman–Crippen MR) is 270 cm³/mol. The van der Waals surface area contributed by atoms with E-state index < -0.39 is 86.1 Å². The first kappa shape index (κ1) is 58.4. The molecule has 11 N–H and O–H groups in total. The van der Waals surface area contributed by atoms with Crippen LogP contribution in [-0.2, 0) is 58.8 Å². The molecule has 6 rings (SSSR count). The molecule has 0 saturated carbocycles.